The van der Waals surface area contributed by atoms with Gasteiger partial charge in [-0.3, -0.25) is 0 Å². The van der Waals surface area contributed by atoms with Gasteiger partial charge in [0.2, 0.25) is 0 Å². The van der Waals surface area contributed by atoms with Crippen LogP contribution in [0.25, 0.3) is 0 Å². The smallest absolute Gasteiger partial charge is 0.0652 e. The van der Waals surface area contributed by atoms with Crippen LogP contribution < -0.4 is 0 Å². The largest absolute Gasteiger partial charge is 0.198 e. The highest BCUT2D eigenvalue weighted by Gasteiger charge is 2.01. The van der Waals surface area contributed by atoms with Crippen molar-refractivity contribution in [3.05, 3.63) is 0 Å². The van der Waals surface area contributed by atoms with Crippen LogP contribution in [-0.2, 0) is 0 Å². The zero-order valence-corrected chi connectivity index (χ0v) is 7.88. The molecule has 12 heavy (non-hydrogen) atoms. The Morgan fingerprint density at radius 1 is 0.917 bits per heavy atom. The van der Waals surface area contributed by atoms with Crippen molar-refractivity contribution < 1.29 is 0 Å². The number of nitrogens with zero attached hydrogens (tertiary/aromatic N) is 2. The molecule has 2 nitrogen and oxygen atoms in total. The molecule has 0 aromatic heterocycles. The lowest BCUT2D eigenvalue weighted by Crippen LogP contribution is -1.93. The monoisotopic (exact) mass is 164 g/mol. The van der Waals surface area contributed by atoms with Gasteiger partial charge >= 0.3 is 0 Å². The van der Waals surface area contributed by atoms with E-state index in [0.717, 1.165) is 25.7 Å². The second-order valence-corrected chi connectivity index (χ2v) is 3.34. The Balaban J connectivity index is 3.24. The van der Waals surface area contributed by atoms with Crippen LogP contribution in [0.4, 0.5) is 0 Å². The van der Waals surface area contributed by atoms with E-state index in [0.29, 0.717) is 0 Å². The van der Waals surface area contributed by atoms with E-state index in [1.54, 1.807) is 0 Å². The molecule has 0 spiro atoms. The summed E-state index contributed by atoms with van der Waals surface area (Å²) < 4.78 is 0. The van der Waals surface area contributed by atoms with E-state index >= 15 is 0 Å². The fourth-order valence-corrected chi connectivity index (χ4v) is 1.03. The molecule has 0 aliphatic heterocycles. The van der Waals surface area contributed by atoms with Gasteiger partial charge in [0, 0.05) is 11.8 Å². The summed E-state index contributed by atoms with van der Waals surface area (Å²) in [7, 11) is 0. The highest BCUT2D eigenvalue weighted by atomic mass is 14.3. The van der Waals surface area contributed by atoms with Crippen LogP contribution >= 0.6 is 0 Å². The molecule has 2 atom stereocenters. The summed E-state index contributed by atoms with van der Waals surface area (Å²) in [5.74, 6) is 0.338. The third kappa shape index (κ3) is 5.74. The standard InChI is InChI=1S/C10H16N2/c1-9(7-11)5-3-4-6-10(2)8-12/h9-10H,3-6H2,1-2H3. The fraction of sp³-hybridized carbons (Fsp3) is 0.800. The number of hydrogen-bond donors (Lipinski definition) is 0. The Kier molecular flexibility index (Phi) is 6.11. The summed E-state index contributed by atoms with van der Waals surface area (Å²) in [6, 6.07) is 4.40. The molecule has 2 unspecified atom stereocenters. The molecular weight excluding hydrogens is 148 g/mol. The van der Waals surface area contributed by atoms with E-state index < -0.39 is 0 Å². The molecule has 0 radical (unpaired) electrons. The molecule has 0 aromatic rings. The van der Waals surface area contributed by atoms with E-state index in [1.807, 2.05) is 13.8 Å². The van der Waals surface area contributed by atoms with Gasteiger partial charge in [0.25, 0.3) is 0 Å². The van der Waals surface area contributed by atoms with E-state index in [-0.39, 0.29) is 11.8 Å². The Labute approximate surface area is 74.8 Å². The average molecular weight is 164 g/mol. The first-order valence-corrected chi connectivity index (χ1v) is 4.50. The minimum Gasteiger partial charge on any atom is -0.198 e. The van der Waals surface area contributed by atoms with E-state index in [2.05, 4.69) is 12.1 Å². The van der Waals surface area contributed by atoms with E-state index in [4.69, 9.17) is 10.5 Å². The second-order valence-electron chi connectivity index (χ2n) is 3.34. The molecule has 0 N–H and O–H groups in total. The quantitative estimate of drug-likeness (QED) is 0.586. The Bertz CT molecular complexity index is 163. The van der Waals surface area contributed by atoms with Gasteiger partial charge in [-0.05, 0) is 26.7 Å². The van der Waals surface area contributed by atoms with Crippen molar-refractivity contribution in [1.82, 2.24) is 0 Å². The first kappa shape index (κ1) is 11.0. The topological polar surface area (TPSA) is 47.6 Å². The fourth-order valence-electron chi connectivity index (χ4n) is 1.03. The molecule has 0 aliphatic carbocycles. The first-order chi connectivity index (χ1) is 5.70. The first-order valence-electron chi connectivity index (χ1n) is 4.50. The van der Waals surface area contributed by atoms with Gasteiger partial charge in [-0.15, -0.1) is 0 Å². The Morgan fingerprint density at radius 2 is 1.25 bits per heavy atom. The number of unbranched alkanes of at least 4 members (excludes halogenated alkanes) is 1. The summed E-state index contributed by atoms with van der Waals surface area (Å²) in [5.41, 5.74) is 0. The lowest BCUT2D eigenvalue weighted by Gasteiger charge is -2.02. The lowest BCUT2D eigenvalue weighted by atomic mass is 10.0. The van der Waals surface area contributed by atoms with Crippen molar-refractivity contribution in [2.45, 2.75) is 39.5 Å². The maximum absolute atomic E-state index is 8.49. The molecule has 0 rings (SSSR count). The van der Waals surface area contributed by atoms with Crippen LogP contribution in [0.3, 0.4) is 0 Å². The van der Waals surface area contributed by atoms with E-state index in [9.17, 15) is 0 Å². The molecule has 66 valence electrons. The summed E-state index contributed by atoms with van der Waals surface area (Å²) in [4.78, 5) is 0. The lowest BCUT2D eigenvalue weighted by molar-refractivity contribution is 0.535. The molecule has 0 saturated carbocycles. The molecule has 0 fully saturated rings. The summed E-state index contributed by atoms with van der Waals surface area (Å²) >= 11 is 0. The number of rotatable bonds is 5. The van der Waals surface area contributed by atoms with Gasteiger partial charge in [-0.25, -0.2) is 0 Å². The summed E-state index contributed by atoms with van der Waals surface area (Å²) in [6.45, 7) is 3.88. The third-order valence-electron chi connectivity index (χ3n) is 1.97. The molecule has 0 aliphatic rings. The van der Waals surface area contributed by atoms with Crippen molar-refractivity contribution in [2.75, 3.05) is 0 Å². The van der Waals surface area contributed by atoms with Gasteiger partial charge in [0.15, 0.2) is 0 Å². The van der Waals surface area contributed by atoms with Gasteiger partial charge in [-0.2, -0.15) is 10.5 Å². The maximum Gasteiger partial charge on any atom is 0.0652 e. The Hall–Kier alpha value is -1.02. The van der Waals surface area contributed by atoms with Gasteiger partial charge in [-0.1, -0.05) is 12.8 Å². The number of nitriles is 2. The summed E-state index contributed by atoms with van der Waals surface area (Å²) in [6.07, 6.45) is 4.07. The molecule has 0 heterocycles. The van der Waals surface area contributed by atoms with Crippen LogP contribution in [0.5, 0.6) is 0 Å². The van der Waals surface area contributed by atoms with Crippen molar-refractivity contribution in [3.63, 3.8) is 0 Å². The third-order valence-corrected chi connectivity index (χ3v) is 1.97. The van der Waals surface area contributed by atoms with Crippen molar-refractivity contribution >= 4 is 0 Å². The summed E-state index contributed by atoms with van der Waals surface area (Å²) in [5, 5.41) is 17.0. The number of hydrogen-bond acceptors (Lipinski definition) is 2. The molecule has 0 amide bonds. The molecule has 2 heteroatoms. The predicted octanol–water partition coefficient (Wildman–Crippen LogP) is 2.87. The van der Waals surface area contributed by atoms with Gasteiger partial charge < -0.3 is 0 Å². The maximum atomic E-state index is 8.49. The van der Waals surface area contributed by atoms with Gasteiger partial charge in [0.1, 0.15) is 0 Å². The molecule has 0 bridgehead atoms. The molecule has 0 aromatic carbocycles. The normalized spacial score (nSPS) is 14.3. The van der Waals surface area contributed by atoms with Crippen LogP contribution in [0.1, 0.15) is 39.5 Å². The van der Waals surface area contributed by atoms with Crippen LogP contribution in [0.2, 0.25) is 0 Å². The zero-order valence-electron chi connectivity index (χ0n) is 7.88. The highest BCUT2D eigenvalue weighted by molar-refractivity contribution is 4.80. The molecule has 0 saturated heterocycles. The van der Waals surface area contributed by atoms with Crippen molar-refractivity contribution in [1.29, 1.82) is 10.5 Å². The molecular formula is C10H16N2. The van der Waals surface area contributed by atoms with E-state index in [1.165, 1.54) is 0 Å². The van der Waals surface area contributed by atoms with Crippen LogP contribution in [0.15, 0.2) is 0 Å². The predicted molar refractivity (Wildman–Crippen MR) is 48.0 cm³/mol. The minimum absolute atomic E-state index is 0.169. The Morgan fingerprint density at radius 3 is 1.50 bits per heavy atom. The van der Waals surface area contributed by atoms with Gasteiger partial charge in [0.05, 0.1) is 12.1 Å². The van der Waals surface area contributed by atoms with Crippen LogP contribution in [-0.4, -0.2) is 0 Å². The van der Waals surface area contributed by atoms with Crippen molar-refractivity contribution in [2.24, 2.45) is 11.8 Å². The zero-order chi connectivity index (χ0) is 9.40. The minimum atomic E-state index is 0.169. The van der Waals surface area contributed by atoms with Crippen LogP contribution in [0, 0.1) is 34.5 Å². The SMILES string of the molecule is CC(C#N)CCCCC(C)C#N. The second kappa shape index (κ2) is 6.68. The van der Waals surface area contributed by atoms with Crippen molar-refractivity contribution in [3.8, 4) is 12.1 Å². The highest BCUT2D eigenvalue weighted by Crippen LogP contribution is 2.11. The average Bonchev–Trinajstić information content (AvgIpc) is 2.11.